The van der Waals surface area contributed by atoms with Crippen LogP contribution in [-0.4, -0.2) is 37.7 Å². The quantitative estimate of drug-likeness (QED) is 0.0428. The molecule has 0 aliphatic heterocycles. The third kappa shape index (κ3) is 27.2. The third-order valence-electron chi connectivity index (χ3n) is 6.66. The van der Waals surface area contributed by atoms with Gasteiger partial charge in [0.15, 0.2) is 0 Å². The molecule has 0 rings (SSSR count). The maximum absolute atomic E-state index is 11.8. The number of hydrogen-bond donors (Lipinski definition) is 0. The Morgan fingerprint density at radius 3 is 1.24 bits per heavy atom. The number of hydrogen-bond acceptors (Lipinski definition) is 6. The molecule has 222 valence electrons. The van der Waals surface area contributed by atoms with E-state index >= 15 is 0 Å². The summed E-state index contributed by atoms with van der Waals surface area (Å²) < 4.78 is 15.4. The topological polar surface area (TPSA) is 78.9 Å². The second kappa shape index (κ2) is 28.2. The Bertz CT molecular complexity index is 601. The van der Waals surface area contributed by atoms with E-state index in [0.717, 1.165) is 32.1 Å². The summed E-state index contributed by atoms with van der Waals surface area (Å²) in [5.41, 5.74) is 0.344. The van der Waals surface area contributed by atoms with Gasteiger partial charge in [0.1, 0.15) is 0 Å². The van der Waals surface area contributed by atoms with E-state index in [9.17, 15) is 14.4 Å². The normalized spacial score (nSPS) is 10.8. The van der Waals surface area contributed by atoms with Gasteiger partial charge in [0.25, 0.3) is 0 Å². The maximum atomic E-state index is 11.8. The number of esters is 3. The minimum Gasteiger partial charge on any atom is -0.466 e. The van der Waals surface area contributed by atoms with Crippen molar-refractivity contribution in [2.75, 3.05) is 19.8 Å². The molecule has 0 unspecified atom stereocenters. The van der Waals surface area contributed by atoms with Crippen LogP contribution in [0.5, 0.6) is 0 Å². The van der Waals surface area contributed by atoms with Crippen molar-refractivity contribution in [3.05, 3.63) is 12.2 Å². The van der Waals surface area contributed by atoms with Crippen molar-refractivity contribution < 1.29 is 28.6 Å². The van der Waals surface area contributed by atoms with Crippen LogP contribution in [0.1, 0.15) is 155 Å². The van der Waals surface area contributed by atoms with E-state index in [2.05, 4.69) is 13.5 Å². The first-order chi connectivity index (χ1) is 18.5. The lowest BCUT2D eigenvalue weighted by Gasteiger charge is -2.07. The van der Waals surface area contributed by atoms with Crippen LogP contribution in [0.15, 0.2) is 12.2 Å². The van der Waals surface area contributed by atoms with Crippen molar-refractivity contribution in [1.29, 1.82) is 0 Å². The molecule has 0 aromatic rings. The van der Waals surface area contributed by atoms with Gasteiger partial charge in [-0.2, -0.15) is 0 Å². The molecule has 0 aromatic carbocycles. The Balaban J connectivity index is 3.29. The molecule has 6 heteroatoms. The van der Waals surface area contributed by atoms with Crippen LogP contribution in [0.3, 0.4) is 0 Å². The van der Waals surface area contributed by atoms with Gasteiger partial charge in [-0.15, -0.1) is 0 Å². The Kier molecular flexibility index (Phi) is 26.8. The van der Waals surface area contributed by atoms with Crippen molar-refractivity contribution in [2.45, 2.75) is 155 Å². The molecule has 0 atom stereocenters. The second-order valence-corrected chi connectivity index (χ2v) is 10.6. The number of carbonyl (C=O) groups is 3. The molecular formula is C32H58O6. The van der Waals surface area contributed by atoms with Crippen LogP contribution in [-0.2, 0) is 28.6 Å². The molecule has 0 fully saturated rings. The molecule has 0 bridgehead atoms. The van der Waals surface area contributed by atoms with Gasteiger partial charge in [0, 0.05) is 18.4 Å². The lowest BCUT2D eigenvalue weighted by atomic mass is 10.0. The summed E-state index contributed by atoms with van der Waals surface area (Å²) >= 11 is 0. The third-order valence-corrected chi connectivity index (χ3v) is 6.66. The zero-order valence-electron chi connectivity index (χ0n) is 24.8. The maximum Gasteiger partial charge on any atom is 0.333 e. The predicted octanol–water partition coefficient (Wildman–Crippen LogP) is 8.79. The van der Waals surface area contributed by atoms with Gasteiger partial charge in [-0.25, -0.2) is 4.79 Å². The Morgan fingerprint density at radius 2 is 0.816 bits per heavy atom. The van der Waals surface area contributed by atoms with Crippen molar-refractivity contribution in [3.63, 3.8) is 0 Å². The van der Waals surface area contributed by atoms with Crippen molar-refractivity contribution >= 4 is 17.9 Å². The average Bonchev–Trinajstić information content (AvgIpc) is 2.90. The monoisotopic (exact) mass is 538 g/mol. The van der Waals surface area contributed by atoms with E-state index in [1.165, 1.54) is 89.9 Å². The summed E-state index contributed by atoms with van der Waals surface area (Å²) in [7, 11) is 0. The summed E-state index contributed by atoms with van der Waals surface area (Å²) in [6, 6.07) is 0. The van der Waals surface area contributed by atoms with Crippen LogP contribution in [0.25, 0.3) is 0 Å². The largest absolute Gasteiger partial charge is 0.466 e. The molecule has 0 aromatic heterocycles. The first-order valence-electron chi connectivity index (χ1n) is 15.6. The SMILES string of the molecule is C=C(C)C(=O)OCCCC(=O)OCCCCCC(=O)OCCCCCCCCCCCCCCCCCC. The van der Waals surface area contributed by atoms with E-state index in [4.69, 9.17) is 14.2 Å². The Labute approximate surface area is 233 Å². The fourth-order valence-corrected chi connectivity index (χ4v) is 4.22. The van der Waals surface area contributed by atoms with Crippen LogP contribution >= 0.6 is 0 Å². The molecule has 0 saturated heterocycles. The molecule has 0 heterocycles. The van der Waals surface area contributed by atoms with Gasteiger partial charge >= 0.3 is 17.9 Å². The summed E-state index contributed by atoms with van der Waals surface area (Å²) in [6.45, 7) is 8.41. The fraction of sp³-hybridized carbons (Fsp3) is 0.844. The van der Waals surface area contributed by atoms with Crippen molar-refractivity contribution in [3.8, 4) is 0 Å². The van der Waals surface area contributed by atoms with Crippen molar-refractivity contribution in [1.82, 2.24) is 0 Å². The summed E-state index contributed by atoms with van der Waals surface area (Å²) in [5.74, 6) is -0.872. The first kappa shape index (κ1) is 36.1. The predicted molar refractivity (Wildman–Crippen MR) is 155 cm³/mol. The minimum atomic E-state index is -0.443. The molecule has 0 spiro atoms. The smallest absolute Gasteiger partial charge is 0.333 e. The number of unbranched alkanes of at least 4 members (excludes halogenated alkanes) is 17. The van der Waals surface area contributed by atoms with E-state index in [-0.39, 0.29) is 25.0 Å². The molecule has 38 heavy (non-hydrogen) atoms. The lowest BCUT2D eigenvalue weighted by molar-refractivity contribution is -0.146. The molecular weight excluding hydrogens is 480 g/mol. The van der Waals surface area contributed by atoms with Gasteiger partial charge in [-0.05, 0) is 39.0 Å². The lowest BCUT2D eigenvalue weighted by Crippen LogP contribution is -2.10. The first-order valence-corrected chi connectivity index (χ1v) is 15.6. The molecule has 0 N–H and O–H groups in total. The Hall–Kier alpha value is -1.85. The van der Waals surface area contributed by atoms with E-state index in [0.29, 0.717) is 31.6 Å². The summed E-state index contributed by atoms with van der Waals surface area (Å²) in [4.78, 5) is 34.7. The zero-order valence-corrected chi connectivity index (χ0v) is 24.8. The van der Waals surface area contributed by atoms with Gasteiger partial charge in [0.2, 0.25) is 0 Å². The molecule has 6 nitrogen and oxygen atoms in total. The van der Waals surface area contributed by atoms with E-state index in [1.807, 2.05) is 0 Å². The minimum absolute atomic E-state index is 0.132. The van der Waals surface area contributed by atoms with Gasteiger partial charge < -0.3 is 14.2 Å². The highest BCUT2D eigenvalue weighted by Gasteiger charge is 2.07. The average molecular weight is 539 g/mol. The van der Waals surface area contributed by atoms with Crippen LogP contribution in [0.2, 0.25) is 0 Å². The molecule has 0 amide bonds. The summed E-state index contributed by atoms with van der Waals surface area (Å²) in [6.07, 6.45) is 24.7. The summed E-state index contributed by atoms with van der Waals surface area (Å²) in [5, 5.41) is 0. The molecule has 0 saturated carbocycles. The highest BCUT2D eigenvalue weighted by molar-refractivity contribution is 5.86. The molecule has 0 aliphatic carbocycles. The number of ether oxygens (including phenoxy) is 3. The van der Waals surface area contributed by atoms with Gasteiger partial charge in [-0.1, -0.05) is 110 Å². The van der Waals surface area contributed by atoms with Crippen LogP contribution in [0, 0.1) is 0 Å². The highest BCUT2D eigenvalue weighted by Crippen LogP contribution is 2.14. The number of carbonyl (C=O) groups excluding carboxylic acids is 3. The van der Waals surface area contributed by atoms with Crippen molar-refractivity contribution in [2.24, 2.45) is 0 Å². The molecule has 0 radical (unpaired) electrons. The standard InChI is InChI=1S/C32H58O6/c1-4-5-6-7-8-9-10-11-12-13-14-15-16-17-18-21-26-36-30(33)24-20-19-22-27-37-31(34)25-23-28-38-32(35)29(2)3/h2,4-28H2,1,3H3. The molecule has 0 aliphatic rings. The Morgan fingerprint density at radius 1 is 0.474 bits per heavy atom. The fourth-order valence-electron chi connectivity index (χ4n) is 4.22. The number of rotatable bonds is 28. The second-order valence-electron chi connectivity index (χ2n) is 10.6. The van der Waals surface area contributed by atoms with Crippen LogP contribution < -0.4 is 0 Å². The zero-order chi connectivity index (χ0) is 28.1. The van der Waals surface area contributed by atoms with Gasteiger partial charge in [-0.3, -0.25) is 9.59 Å². The van der Waals surface area contributed by atoms with E-state index < -0.39 is 5.97 Å². The van der Waals surface area contributed by atoms with Crippen LogP contribution in [0.4, 0.5) is 0 Å². The van der Waals surface area contributed by atoms with E-state index in [1.54, 1.807) is 6.92 Å². The van der Waals surface area contributed by atoms with Gasteiger partial charge in [0.05, 0.1) is 19.8 Å². The highest BCUT2D eigenvalue weighted by atomic mass is 16.5.